The van der Waals surface area contributed by atoms with Crippen LogP contribution in [0.3, 0.4) is 0 Å². The van der Waals surface area contributed by atoms with Crippen molar-refractivity contribution >= 4 is 0 Å². The molecule has 0 rings (SSSR count). The van der Waals surface area contributed by atoms with Gasteiger partial charge in [-0.1, -0.05) is 20.8 Å². The molecule has 0 saturated heterocycles. The van der Waals surface area contributed by atoms with Gasteiger partial charge in [0.1, 0.15) is 0 Å². The van der Waals surface area contributed by atoms with Crippen molar-refractivity contribution < 1.29 is 5.73 Å². The summed E-state index contributed by atoms with van der Waals surface area (Å²) in [6.07, 6.45) is 3.63. The second kappa shape index (κ2) is 3.08. The molecule has 0 heterocycles. The summed E-state index contributed by atoms with van der Waals surface area (Å²) < 4.78 is 0. The first-order valence-corrected chi connectivity index (χ1v) is 3.54. The van der Waals surface area contributed by atoms with Gasteiger partial charge in [-0.2, -0.15) is 0 Å². The van der Waals surface area contributed by atoms with Gasteiger partial charge in [-0.05, 0) is 19.3 Å². The van der Waals surface area contributed by atoms with Crippen LogP contribution in [0.5, 0.6) is 0 Å². The maximum absolute atomic E-state index is 4.12. The van der Waals surface area contributed by atoms with E-state index in [-0.39, 0.29) is 0 Å². The van der Waals surface area contributed by atoms with Gasteiger partial charge in [0.15, 0.2) is 0 Å². The van der Waals surface area contributed by atoms with E-state index in [9.17, 15) is 0 Å². The van der Waals surface area contributed by atoms with Gasteiger partial charge in [0.2, 0.25) is 0 Å². The molecule has 0 bridgehead atoms. The standard InChI is InChI=1S/C7H17N/c1-4-7(8,5-2)6-3/h4-6,8H2,1-3H3/p+1. The molecule has 1 nitrogen and oxygen atoms in total. The summed E-state index contributed by atoms with van der Waals surface area (Å²) in [6.45, 7) is 6.62. The summed E-state index contributed by atoms with van der Waals surface area (Å²) in [7, 11) is 0. The molecular weight excluding hydrogens is 98.1 g/mol. The summed E-state index contributed by atoms with van der Waals surface area (Å²) in [4.78, 5) is 0. The van der Waals surface area contributed by atoms with Crippen molar-refractivity contribution in [2.75, 3.05) is 0 Å². The summed E-state index contributed by atoms with van der Waals surface area (Å²) >= 11 is 0. The average molecular weight is 116 g/mol. The molecule has 0 aliphatic carbocycles. The van der Waals surface area contributed by atoms with Gasteiger partial charge in [-0.15, -0.1) is 0 Å². The van der Waals surface area contributed by atoms with E-state index in [1.165, 1.54) is 19.3 Å². The van der Waals surface area contributed by atoms with E-state index in [1.54, 1.807) is 0 Å². The zero-order valence-corrected chi connectivity index (χ0v) is 6.33. The fourth-order valence-corrected chi connectivity index (χ4v) is 0.750. The van der Waals surface area contributed by atoms with Crippen LogP contribution in [-0.2, 0) is 0 Å². The smallest absolute Gasteiger partial charge is 0.0937 e. The summed E-state index contributed by atoms with van der Waals surface area (Å²) in [6, 6.07) is 0. The lowest BCUT2D eigenvalue weighted by Gasteiger charge is -2.19. The Hall–Kier alpha value is -0.0400. The number of rotatable bonds is 3. The Morgan fingerprint density at radius 2 is 1.25 bits per heavy atom. The van der Waals surface area contributed by atoms with Crippen LogP contribution in [0, 0.1) is 0 Å². The van der Waals surface area contributed by atoms with Crippen LogP contribution in [0.2, 0.25) is 0 Å². The fraction of sp³-hybridized carbons (Fsp3) is 1.00. The second-order valence-electron chi connectivity index (χ2n) is 2.56. The van der Waals surface area contributed by atoms with Crippen molar-refractivity contribution in [3.05, 3.63) is 0 Å². The Kier molecular flexibility index (Phi) is 3.06. The van der Waals surface area contributed by atoms with Crippen molar-refractivity contribution in [3.63, 3.8) is 0 Å². The summed E-state index contributed by atoms with van der Waals surface area (Å²) in [5, 5.41) is 0. The number of hydrogen-bond donors (Lipinski definition) is 1. The van der Waals surface area contributed by atoms with Crippen LogP contribution >= 0.6 is 0 Å². The maximum Gasteiger partial charge on any atom is 0.0937 e. The molecule has 3 N–H and O–H groups in total. The lowest BCUT2D eigenvalue weighted by molar-refractivity contribution is -0.480. The minimum absolute atomic E-state index is 0.375. The molecule has 50 valence electrons. The molecule has 0 spiro atoms. The predicted octanol–water partition coefficient (Wildman–Crippen LogP) is 1.20. The topological polar surface area (TPSA) is 27.6 Å². The third-order valence-corrected chi connectivity index (χ3v) is 2.25. The Bertz CT molecular complexity index is 47.1. The van der Waals surface area contributed by atoms with E-state index >= 15 is 0 Å². The van der Waals surface area contributed by atoms with Crippen LogP contribution in [-0.4, -0.2) is 5.54 Å². The molecule has 0 aromatic carbocycles. The minimum atomic E-state index is 0.375. The zero-order chi connectivity index (χ0) is 6.62. The molecule has 0 aliphatic rings. The second-order valence-corrected chi connectivity index (χ2v) is 2.56. The Morgan fingerprint density at radius 1 is 1.00 bits per heavy atom. The van der Waals surface area contributed by atoms with E-state index in [2.05, 4.69) is 26.5 Å². The lowest BCUT2D eigenvalue weighted by atomic mass is 9.92. The van der Waals surface area contributed by atoms with E-state index in [0.29, 0.717) is 5.54 Å². The third kappa shape index (κ3) is 1.83. The van der Waals surface area contributed by atoms with E-state index in [4.69, 9.17) is 0 Å². The van der Waals surface area contributed by atoms with Gasteiger partial charge >= 0.3 is 0 Å². The molecule has 0 radical (unpaired) electrons. The maximum atomic E-state index is 4.12. The first kappa shape index (κ1) is 7.96. The minimum Gasteiger partial charge on any atom is -0.353 e. The molecule has 0 amide bonds. The van der Waals surface area contributed by atoms with Crippen molar-refractivity contribution in [2.24, 2.45) is 0 Å². The highest BCUT2D eigenvalue weighted by atomic mass is 14.7. The van der Waals surface area contributed by atoms with Crippen molar-refractivity contribution in [1.29, 1.82) is 0 Å². The molecule has 0 atom stereocenters. The largest absolute Gasteiger partial charge is 0.353 e. The quantitative estimate of drug-likeness (QED) is 0.574. The summed E-state index contributed by atoms with van der Waals surface area (Å²) in [5.41, 5.74) is 4.50. The predicted molar refractivity (Wildman–Crippen MR) is 36.5 cm³/mol. The molecule has 0 saturated carbocycles. The highest BCUT2D eigenvalue weighted by Gasteiger charge is 2.20. The molecule has 1 heteroatoms. The van der Waals surface area contributed by atoms with E-state index < -0.39 is 0 Å². The number of hydrogen-bond acceptors (Lipinski definition) is 0. The van der Waals surface area contributed by atoms with E-state index in [0.717, 1.165) is 0 Å². The third-order valence-electron chi connectivity index (χ3n) is 2.25. The number of quaternary nitrogens is 1. The first-order valence-electron chi connectivity index (χ1n) is 3.54. The molecule has 0 aromatic rings. The van der Waals surface area contributed by atoms with Crippen LogP contribution in [0.4, 0.5) is 0 Å². The van der Waals surface area contributed by atoms with Crippen LogP contribution in [0.25, 0.3) is 0 Å². The highest BCUT2D eigenvalue weighted by Crippen LogP contribution is 2.11. The van der Waals surface area contributed by atoms with Gasteiger partial charge in [-0.25, -0.2) is 0 Å². The van der Waals surface area contributed by atoms with Gasteiger partial charge < -0.3 is 5.73 Å². The van der Waals surface area contributed by atoms with Crippen molar-refractivity contribution in [1.82, 2.24) is 0 Å². The van der Waals surface area contributed by atoms with Gasteiger partial charge in [0, 0.05) is 0 Å². The Morgan fingerprint density at radius 3 is 1.25 bits per heavy atom. The first-order chi connectivity index (χ1) is 3.68. The van der Waals surface area contributed by atoms with Crippen LogP contribution in [0.15, 0.2) is 0 Å². The zero-order valence-electron chi connectivity index (χ0n) is 6.33. The molecular formula is C7H18N+. The lowest BCUT2D eigenvalue weighted by Crippen LogP contribution is -2.71. The average Bonchev–Trinajstić information content (AvgIpc) is 1.87. The Labute approximate surface area is 52.3 Å². The van der Waals surface area contributed by atoms with Crippen LogP contribution < -0.4 is 5.73 Å². The molecule has 0 unspecified atom stereocenters. The summed E-state index contributed by atoms with van der Waals surface area (Å²) in [5.74, 6) is 0. The SMILES string of the molecule is CCC([NH3+])(CC)CC. The molecule has 0 aromatic heterocycles. The highest BCUT2D eigenvalue weighted by molar-refractivity contribution is 4.69. The van der Waals surface area contributed by atoms with Crippen LogP contribution in [0.1, 0.15) is 40.0 Å². The molecule has 0 fully saturated rings. The van der Waals surface area contributed by atoms with Gasteiger partial charge in [0.25, 0.3) is 0 Å². The molecule has 0 aliphatic heterocycles. The Balaban J connectivity index is 3.58. The van der Waals surface area contributed by atoms with E-state index in [1.807, 2.05) is 0 Å². The normalized spacial score (nSPS) is 12.0. The molecule has 8 heavy (non-hydrogen) atoms. The van der Waals surface area contributed by atoms with Crippen molar-refractivity contribution in [2.45, 2.75) is 45.6 Å². The fourth-order valence-electron chi connectivity index (χ4n) is 0.750. The van der Waals surface area contributed by atoms with Gasteiger partial charge in [-0.3, -0.25) is 0 Å². The van der Waals surface area contributed by atoms with Crippen molar-refractivity contribution in [3.8, 4) is 0 Å². The monoisotopic (exact) mass is 116 g/mol. The van der Waals surface area contributed by atoms with Gasteiger partial charge in [0.05, 0.1) is 5.54 Å².